The number of pyridine rings is 1. The normalized spacial score (nSPS) is 29.7. The highest BCUT2D eigenvalue weighted by Gasteiger charge is 2.57. The molecule has 0 spiro atoms. The number of ether oxygens (including phenoxy) is 1. The number of nitrogens with zero attached hydrogens (tertiary/aromatic N) is 2. The smallest absolute Gasteiger partial charge is 0.323 e. The molecule has 7 nitrogen and oxygen atoms in total. The standard InChI is InChI=1S/C41H52N2O5S2/c1-27(21-37(44)43(26-38(45)46)25-29-9-6-5-7-10-29)49-50-28(2)22-39(47)48-32-16-18-40(3)31(23-32)12-13-33-35-15-14-34(30-11-8-20-42-24-30)41(35,4)19-17-36(33)40/h5-12,14,20,24,27-28,32-33,35-36H,13,15-19,21-23,25-26H2,1-4H3,(H,45,46)/t27?,28-,32-,33-,35?,36-,40?,41+/m0/s1. The molecule has 2 saturated carbocycles. The van der Waals surface area contributed by atoms with Gasteiger partial charge in [-0.1, -0.05) is 103 Å². The Balaban J connectivity index is 0.965. The van der Waals surface area contributed by atoms with E-state index in [1.165, 1.54) is 34.5 Å². The molecule has 9 heteroatoms. The number of carbonyl (C=O) groups is 3. The molecular weight excluding hydrogens is 665 g/mol. The van der Waals surface area contributed by atoms with Gasteiger partial charge < -0.3 is 14.7 Å². The van der Waals surface area contributed by atoms with Crippen LogP contribution in [0.5, 0.6) is 0 Å². The molecule has 268 valence electrons. The molecule has 2 aromatic rings. The Kier molecular flexibility index (Phi) is 11.5. The number of esters is 1. The molecule has 1 aromatic heterocycles. The number of aliphatic carboxylic acids is 1. The van der Waals surface area contributed by atoms with Gasteiger partial charge in [-0.05, 0) is 89.9 Å². The zero-order valence-corrected chi connectivity index (χ0v) is 31.5. The molecule has 3 unspecified atom stereocenters. The number of allylic oxidation sites excluding steroid dienone is 3. The maximum absolute atomic E-state index is 13.1. The zero-order valence-electron chi connectivity index (χ0n) is 29.9. The maximum Gasteiger partial charge on any atom is 0.323 e. The van der Waals surface area contributed by atoms with Crippen molar-refractivity contribution < 1.29 is 24.2 Å². The summed E-state index contributed by atoms with van der Waals surface area (Å²) in [7, 11) is 3.16. The van der Waals surface area contributed by atoms with E-state index in [9.17, 15) is 19.5 Å². The number of carboxylic acid groups (broad SMARTS) is 1. The monoisotopic (exact) mass is 716 g/mol. The van der Waals surface area contributed by atoms with Gasteiger partial charge in [-0.15, -0.1) is 0 Å². The van der Waals surface area contributed by atoms with E-state index in [2.05, 4.69) is 43.1 Å². The first kappa shape index (κ1) is 36.7. The van der Waals surface area contributed by atoms with Gasteiger partial charge in [0.15, 0.2) is 0 Å². The van der Waals surface area contributed by atoms with Crippen LogP contribution in [0.2, 0.25) is 0 Å². The molecule has 0 radical (unpaired) electrons. The lowest BCUT2D eigenvalue weighted by atomic mass is 9.47. The molecule has 6 rings (SSSR count). The summed E-state index contributed by atoms with van der Waals surface area (Å²) in [6, 6.07) is 13.7. The van der Waals surface area contributed by atoms with E-state index >= 15 is 0 Å². The Morgan fingerprint density at radius 2 is 1.68 bits per heavy atom. The average Bonchev–Trinajstić information content (AvgIpc) is 3.45. The first-order valence-electron chi connectivity index (χ1n) is 18.3. The summed E-state index contributed by atoms with van der Waals surface area (Å²) in [6.45, 7) is 8.92. The van der Waals surface area contributed by atoms with E-state index in [1.54, 1.807) is 21.6 Å². The molecule has 50 heavy (non-hydrogen) atoms. The fourth-order valence-corrected chi connectivity index (χ4v) is 11.9. The van der Waals surface area contributed by atoms with Crippen LogP contribution < -0.4 is 0 Å². The minimum absolute atomic E-state index is 0.0288. The van der Waals surface area contributed by atoms with Gasteiger partial charge in [0.1, 0.15) is 12.6 Å². The minimum Gasteiger partial charge on any atom is -0.480 e. The van der Waals surface area contributed by atoms with E-state index in [4.69, 9.17) is 4.74 Å². The summed E-state index contributed by atoms with van der Waals surface area (Å²) in [5.74, 6) is 0.660. The quantitative estimate of drug-likeness (QED) is 0.125. The molecule has 1 heterocycles. The lowest BCUT2D eigenvalue weighted by Gasteiger charge is -2.57. The van der Waals surface area contributed by atoms with Crippen molar-refractivity contribution in [3.63, 3.8) is 0 Å². The Morgan fingerprint density at radius 3 is 2.40 bits per heavy atom. The van der Waals surface area contributed by atoms with Crippen molar-refractivity contribution in [2.45, 2.75) is 109 Å². The number of fused-ring (bicyclic) bond motifs is 5. The Morgan fingerprint density at radius 1 is 0.940 bits per heavy atom. The second kappa shape index (κ2) is 15.7. The third kappa shape index (κ3) is 8.04. The summed E-state index contributed by atoms with van der Waals surface area (Å²) in [4.78, 5) is 43.4. The molecule has 4 aliphatic rings. The summed E-state index contributed by atoms with van der Waals surface area (Å²) in [6.07, 6.45) is 17.0. The van der Waals surface area contributed by atoms with Crippen LogP contribution in [-0.4, -0.2) is 56.0 Å². The fourth-order valence-electron chi connectivity index (χ4n) is 9.57. The predicted octanol–water partition coefficient (Wildman–Crippen LogP) is 9.00. The summed E-state index contributed by atoms with van der Waals surface area (Å²) < 4.78 is 6.10. The molecule has 1 amide bonds. The van der Waals surface area contributed by atoms with Crippen molar-refractivity contribution in [2.75, 3.05) is 6.54 Å². The third-order valence-corrected chi connectivity index (χ3v) is 15.5. The number of hydrogen-bond donors (Lipinski definition) is 1. The molecule has 1 aromatic carbocycles. The molecule has 1 N–H and O–H groups in total. The van der Waals surface area contributed by atoms with E-state index in [0.717, 1.165) is 37.7 Å². The van der Waals surface area contributed by atoms with Crippen molar-refractivity contribution in [2.24, 2.45) is 28.6 Å². The van der Waals surface area contributed by atoms with Crippen molar-refractivity contribution in [1.82, 2.24) is 9.88 Å². The van der Waals surface area contributed by atoms with Crippen LogP contribution in [-0.2, 0) is 25.7 Å². The second-order valence-electron chi connectivity index (χ2n) is 15.5. The molecule has 0 saturated heterocycles. The first-order chi connectivity index (χ1) is 24.0. The van der Waals surface area contributed by atoms with Crippen LogP contribution in [0.4, 0.5) is 0 Å². The van der Waals surface area contributed by atoms with Gasteiger partial charge >= 0.3 is 11.9 Å². The van der Waals surface area contributed by atoms with E-state index in [0.29, 0.717) is 24.2 Å². The molecule has 8 atom stereocenters. The lowest BCUT2D eigenvalue weighted by Crippen LogP contribution is -2.50. The molecule has 0 aliphatic heterocycles. The van der Waals surface area contributed by atoms with E-state index in [-0.39, 0.29) is 58.8 Å². The zero-order chi connectivity index (χ0) is 35.5. The van der Waals surface area contributed by atoms with Crippen LogP contribution in [0.3, 0.4) is 0 Å². The number of amides is 1. The van der Waals surface area contributed by atoms with Crippen molar-refractivity contribution in [3.8, 4) is 0 Å². The topological polar surface area (TPSA) is 96.8 Å². The van der Waals surface area contributed by atoms with Crippen molar-refractivity contribution >= 4 is 45.0 Å². The summed E-state index contributed by atoms with van der Waals surface area (Å²) in [5, 5.41) is 9.36. The largest absolute Gasteiger partial charge is 0.480 e. The van der Waals surface area contributed by atoms with Crippen molar-refractivity contribution in [3.05, 3.63) is 83.7 Å². The Bertz CT molecular complexity index is 1600. The van der Waals surface area contributed by atoms with Gasteiger partial charge in [-0.25, -0.2) is 0 Å². The Labute approximate surface area is 305 Å². The number of carbonyl (C=O) groups excluding carboxylic acids is 2. The number of benzene rings is 1. The van der Waals surface area contributed by atoms with Crippen LogP contribution in [0, 0.1) is 28.6 Å². The predicted molar refractivity (Wildman–Crippen MR) is 202 cm³/mol. The van der Waals surface area contributed by atoms with Gasteiger partial charge in [0.05, 0.1) is 6.42 Å². The minimum atomic E-state index is -1.03. The van der Waals surface area contributed by atoms with Crippen LogP contribution in [0.1, 0.15) is 96.6 Å². The van der Waals surface area contributed by atoms with Crippen LogP contribution in [0.15, 0.2) is 72.6 Å². The number of hydrogen-bond acceptors (Lipinski definition) is 7. The molecule has 0 bridgehead atoms. The average molecular weight is 717 g/mol. The van der Waals surface area contributed by atoms with Crippen LogP contribution >= 0.6 is 21.6 Å². The highest BCUT2D eigenvalue weighted by Crippen LogP contribution is 2.66. The molecule has 4 aliphatic carbocycles. The van der Waals surface area contributed by atoms with Gasteiger partial charge in [0.2, 0.25) is 5.91 Å². The lowest BCUT2D eigenvalue weighted by molar-refractivity contribution is -0.151. The highest BCUT2D eigenvalue weighted by atomic mass is 33.1. The first-order valence-corrected chi connectivity index (χ1v) is 20.6. The Hall–Kier alpha value is -3.04. The van der Waals surface area contributed by atoms with Crippen LogP contribution in [0.25, 0.3) is 5.57 Å². The molecule has 2 fully saturated rings. The summed E-state index contributed by atoms with van der Waals surface area (Å²) in [5.41, 5.74) is 5.58. The van der Waals surface area contributed by atoms with E-state index < -0.39 is 5.97 Å². The van der Waals surface area contributed by atoms with Gasteiger partial charge in [-0.2, -0.15) is 0 Å². The second-order valence-corrected chi connectivity index (χ2v) is 18.7. The van der Waals surface area contributed by atoms with Gasteiger partial charge in [0, 0.05) is 42.3 Å². The summed E-state index contributed by atoms with van der Waals surface area (Å²) >= 11 is 0. The molecular formula is C41H52N2O5S2. The van der Waals surface area contributed by atoms with Gasteiger partial charge in [0.25, 0.3) is 0 Å². The third-order valence-electron chi connectivity index (χ3n) is 12.1. The number of rotatable bonds is 13. The fraction of sp³-hybridized carbons (Fsp3) is 0.561. The van der Waals surface area contributed by atoms with E-state index in [1.807, 2.05) is 56.6 Å². The highest BCUT2D eigenvalue weighted by molar-refractivity contribution is 8.77. The number of aromatic nitrogens is 1. The van der Waals surface area contributed by atoms with Crippen molar-refractivity contribution in [1.29, 1.82) is 0 Å². The number of carboxylic acids is 1. The maximum atomic E-state index is 13.1. The van der Waals surface area contributed by atoms with Gasteiger partial charge in [-0.3, -0.25) is 19.4 Å². The SMILES string of the molecule is CC(CC(=O)N(CC(=O)O)Cc1ccccc1)SS[C@@H](C)CC(=O)O[C@H]1CCC2(C)C(=CC[C@H]3C4CC=C(c5cccnc5)[C@@]4(C)CC[C@@H]32)C1.